The normalized spacial score (nSPS) is 12.1. The average molecular weight is 213 g/mol. The van der Waals surface area contributed by atoms with E-state index in [4.69, 9.17) is 10.2 Å². The van der Waals surface area contributed by atoms with Crippen LogP contribution >= 0.6 is 0 Å². The Morgan fingerprint density at radius 1 is 1.67 bits per heavy atom. The van der Waals surface area contributed by atoms with Crippen molar-refractivity contribution in [2.45, 2.75) is 6.10 Å². The van der Waals surface area contributed by atoms with Crippen LogP contribution in [0.2, 0.25) is 0 Å². The maximum absolute atomic E-state index is 11.3. The monoisotopic (exact) mass is 213 g/mol. The minimum Gasteiger partial charge on any atom is -0.479 e. The van der Waals surface area contributed by atoms with E-state index in [0.29, 0.717) is 0 Å². The number of nitrogens with zero attached hydrogens (tertiary/aromatic N) is 2. The molecule has 0 aromatic carbocycles. The number of hydrogen-bond acceptors (Lipinski definition) is 4. The second-order valence-corrected chi connectivity index (χ2v) is 2.99. The summed E-state index contributed by atoms with van der Waals surface area (Å²) in [4.78, 5) is 25.3. The minimum atomic E-state index is -1.60. The summed E-state index contributed by atoms with van der Waals surface area (Å²) in [6, 6.07) is 0. The SMILES string of the molecule is Cn1cnc(C(=O)NCC(O)C(=O)O)c1. The van der Waals surface area contributed by atoms with Gasteiger partial charge in [0.25, 0.3) is 5.91 Å². The van der Waals surface area contributed by atoms with E-state index in [1.165, 1.54) is 12.5 Å². The second kappa shape index (κ2) is 4.56. The quantitative estimate of drug-likeness (QED) is 0.570. The van der Waals surface area contributed by atoms with Crippen LogP contribution < -0.4 is 5.32 Å². The van der Waals surface area contributed by atoms with Crippen LogP contribution in [0.15, 0.2) is 12.5 Å². The summed E-state index contributed by atoms with van der Waals surface area (Å²) < 4.78 is 1.59. The summed E-state index contributed by atoms with van der Waals surface area (Å²) in [6.07, 6.45) is 1.34. The number of aromatic nitrogens is 2. The molecule has 1 amide bonds. The molecule has 1 atom stereocenters. The molecule has 0 bridgehead atoms. The number of carboxylic acids is 1. The Morgan fingerprint density at radius 2 is 2.33 bits per heavy atom. The smallest absolute Gasteiger partial charge is 0.334 e. The summed E-state index contributed by atoms with van der Waals surface area (Å²) in [5.41, 5.74) is 0.176. The number of imidazole rings is 1. The summed E-state index contributed by atoms with van der Waals surface area (Å²) in [7, 11) is 1.70. The van der Waals surface area contributed by atoms with Gasteiger partial charge in [-0.15, -0.1) is 0 Å². The van der Waals surface area contributed by atoms with Crippen LogP contribution in [0, 0.1) is 0 Å². The molecule has 1 heterocycles. The predicted octanol–water partition coefficient (Wildman–Crippen LogP) is -1.40. The summed E-state index contributed by atoms with van der Waals surface area (Å²) >= 11 is 0. The third kappa shape index (κ3) is 3.06. The molecule has 0 fully saturated rings. The van der Waals surface area contributed by atoms with Crippen LogP contribution in [0.1, 0.15) is 10.5 Å². The molecule has 0 aliphatic carbocycles. The van der Waals surface area contributed by atoms with E-state index in [1.807, 2.05) is 0 Å². The molecule has 7 nitrogen and oxygen atoms in total. The van der Waals surface area contributed by atoms with E-state index in [0.717, 1.165) is 0 Å². The van der Waals surface area contributed by atoms with Crippen molar-refractivity contribution >= 4 is 11.9 Å². The lowest BCUT2D eigenvalue weighted by molar-refractivity contribution is -0.146. The topological polar surface area (TPSA) is 104 Å². The van der Waals surface area contributed by atoms with E-state index in [-0.39, 0.29) is 12.2 Å². The zero-order valence-corrected chi connectivity index (χ0v) is 8.04. The molecule has 1 unspecified atom stereocenters. The van der Waals surface area contributed by atoms with Crippen molar-refractivity contribution in [2.75, 3.05) is 6.54 Å². The summed E-state index contributed by atoms with van der Waals surface area (Å²) in [5.74, 6) is -1.90. The fraction of sp³-hybridized carbons (Fsp3) is 0.375. The standard InChI is InChI=1S/C8H11N3O4/c1-11-3-5(10-4-11)7(13)9-2-6(12)8(14)15/h3-4,6,12H,2H2,1H3,(H,9,13)(H,14,15). The highest BCUT2D eigenvalue weighted by atomic mass is 16.4. The van der Waals surface area contributed by atoms with Crippen LogP contribution in [0.25, 0.3) is 0 Å². The highest BCUT2D eigenvalue weighted by Gasteiger charge is 2.15. The largest absolute Gasteiger partial charge is 0.479 e. The molecule has 1 aromatic rings. The molecule has 82 valence electrons. The third-order valence-corrected chi connectivity index (χ3v) is 1.68. The van der Waals surface area contributed by atoms with Crippen LogP contribution in [0.4, 0.5) is 0 Å². The highest BCUT2D eigenvalue weighted by molar-refractivity contribution is 5.92. The first kappa shape index (κ1) is 11.2. The lowest BCUT2D eigenvalue weighted by atomic mass is 10.3. The van der Waals surface area contributed by atoms with Crippen molar-refractivity contribution in [1.82, 2.24) is 14.9 Å². The predicted molar refractivity (Wildman–Crippen MR) is 49.2 cm³/mol. The molecule has 7 heteroatoms. The lowest BCUT2D eigenvalue weighted by Gasteiger charge is -2.05. The van der Waals surface area contributed by atoms with E-state index in [2.05, 4.69) is 10.3 Å². The molecule has 0 aliphatic rings. The molecule has 0 saturated carbocycles. The Balaban J connectivity index is 2.47. The fourth-order valence-electron chi connectivity index (χ4n) is 0.897. The Kier molecular flexibility index (Phi) is 3.40. The summed E-state index contributed by atoms with van der Waals surface area (Å²) in [5, 5.41) is 19.5. The number of nitrogens with one attached hydrogen (secondary N) is 1. The minimum absolute atomic E-state index is 0.176. The maximum atomic E-state index is 11.3. The van der Waals surface area contributed by atoms with Crippen molar-refractivity contribution in [3.8, 4) is 0 Å². The van der Waals surface area contributed by atoms with Gasteiger partial charge in [0, 0.05) is 13.2 Å². The van der Waals surface area contributed by atoms with Gasteiger partial charge in [0.05, 0.1) is 12.9 Å². The van der Waals surface area contributed by atoms with Gasteiger partial charge in [-0.2, -0.15) is 0 Å². The molecule has 15 heavy (non-hydrogen) atoms. The van der Waals surface area contributed by atoms with Crippen molar-refractivity contribution in [3.05, 3.63) is 18.2 Å². The van der Waals surface area contributed by atoms with E-state index >= 15 is 0 Å². The van der Waals surface area contributed by atoms with Gasteiger partial charge < -0.3 is 20.1 Å². The number of aliphatic carboxylic acids is 1. The zero-order valence-electron chi connectivity index (χ0n) is 8.04. The maximum Gasteiger partial charge on any atom is 0.334 e. The number of carbonyl (C=O) groups excluding carboxylic acids is 1. The Bertz CT molecular complexity index is 374. The second-order valence-electron chi connectivity index (χ2n) is 2.99. The van der Waals surface area contributed by atoms with E-state index in [1.54, 1.807) is 11.6 Å². The molecule has 0 spiro atoms. The molecule has 1 rings (SSSR count). The summed E-state index contributed by atoms with van der Waals surface area (Å²) in [6.45, 7) is -0.343. The van der Waals surface area contributed by atoms with Gasteiger partial charge in [0.15, 0.2) is 6.10 Å². The van der Waals surface area contributed by atoms with Gasteiger partial charge in [-0.3, -0.25) is 4.79 Å². The Hall–Kier alpha value is -1.89. The van der Waals surface area contributed by atoms with Crippen molar-refractivity contribution in [1.29, 1.82) is 0 Å². The van der Waals surface area contributed by atoms with Crippen LogP contribution in [-0.2, 0) is 11.8 Å². The lowest BCUT2D eigenvalue weighted by Crippen LogP contribution is -2.36. The first-order valence-corrected chi connectivity index (χ1v) is 4.17. The zero-order chi connectivity index (χ0) is 11.4. The molecular weight excluding hydrogens is 202 g/mol. The number of aliphatic hydroxyl groups excluding tert-OH is 1. The molecule has 0 aliphatic heterocycles. The van der Waals surface area contributed by atoms with Crippen LogP contribution in [0.5, 0.6) is 0 Å². The number of carbonyl (C=O) groups is 2. The van der Waals surface area contributed by atoms with Crippen LogP contribution in [-0.4, -0.2) is 44.3 Å². The first-order chi connectivity index (χ1) is 7.00. The number of hydrogen-bond donors (Lipinski definition) is 3. The Labute approximate surface area is 85.4 Å². The third-order valence-electron chi connectivity index (χ3n) is 1.68. The number of aliphatic hydroxyl groups is 1. The van der Waals surface area contributed by atoms with Crippen LogP contribution in [0.3, 0.4) is 0 Å². The molecule has 1 aromatic heterocycles. The molecule has 0 saturated heterocycles. The van der Waals surface area contributed by atoms with Crippen molar-refractivity contribution in [2.24, 2.45) is 7.05 Å². The first-order valence-electron chi connectivity index (χ1n) is 4.17. The fourth-order valence-corrected chi connectivity index (χ4v) is 0.897. The van der Waals surface area contributed by atoms with Gasteiger partial charge in [-0.05, 0) is 0 Å². The van der Waals surface area contributed by atoms with Gasteiger partial charge in [0.2, 0.25) is 0 Å². The average Bonchev–Trinajstić information content (AvgIpc) is 2.60. The van der Waals surface area contributed by atoms with Crippen molar-refractivity contribution in [3.63, 3.8) is 0 Å². The van der Waals surface area contributed by atoms with Crippen molar-refractivity contribution < 1.29 is 19.8 Å². The molecule has 0 radical (unpaired) electrons. The number of aryl methyl sites for hydroxylation is 1. The molecule has 3 N–H and O–H groups in total. The van der Waals surface area contributed by atoms with Gasteiger partial charge in [-0.25, -0.2) is 9.78 Å². The van der Waals surface area contributed by atoms with E-state index in [9.17, 15) is 9.59 Å². The number of carboxylic acid groups (broad SMARTS) is 1. The number of rotatable bonds is 4. The highest BCUT2D eigenvalue weighted by Crippen LogP contribution is 1.93. The number of amides is 1. The van der Waals surface area contributed by atoms with Gasteiger partial charge >= 0.3 is 5.97 Å². The van der Waals surface area contributed by atoms with Gasteiger partial charge in [-0.1, -0.05) is 0 Å². The van der Waals surface area contributed by atoms with Gasteiger partial charge in [0.1, 0.15) is 5.69 Å². The molecular formula is C8H11N3O4. The van der Waals surface area contributed by atoms with E-state index < -0.39 is 18.0 Å². The Morgan fingerprint density at radius 3 is 2.80 bits per heavy atom.